The van der Waals surface area contributed by atoms with Crippen molar-refractivity contribution in [3.8, 4) is 5.75 Å². The van der Waals surface area contributed by atoms with Crippen molar-refractivity contribution in [3.63, 3.8) is 0 Å². The van der Waals surface area contributed by atoms with Crippen molar-refractivity contribution in [1.82, 2.24) is 0 Å². The first-order valence-electron chi connectivity index (χ1n) is 5.31. The minimum atomic E-state index is -0.227. The Labute approximate surface area is 89.2 Å². The summed E-state index contributed by atoms with van der Waals surface area (Å²) >= 11 is 0. The first-order valence-corrected chi connectivity index (χ1v) is 5.31. The molecule has 0 saturated heterocycles. The molecule has 0 aromatic heterocycles. The lowest BCUT2D eigenvalue weighted by Gasteiger charge is -2.31. The molecule has 0 amide bonds. The van der Waals surface area contributed by atoms with E-state index in [1.807, 2.05) is 0 Å². The molecule has 1 aliphatic carbocycles. The van der Waals surface area contributed by atoms with Gasteiger partial charge in [0.15, 0.2) is 0 Å². The van der Waals surface area contributed by atoms with E-state index >= 15 is 0 Å². The van der Waals surface area contributed by atoms with Crippen LogP contribution in [0.2, 0.25) is 0 Å². The lowest BCUT2D eigenvalue weighted by Crippen LogP contribution is -2.27. The van der Waals surface area contributed by atoms with Crippen LogP contribution in [-0.4, -0.2) is 7.11 Å². The van der Waals surface area contributed by atoms with Gasteiger partial charge in [-0.05, 0) is 37.0 Å². The maximum atomic E-state index is 13.5. The number of hydrogen-bond acceptors (Lipinski definition) is 2. The van der Waals surface area contributed by atoms with E-state index in [2.05, 4.69) is 0 Å². The molecule has 1 saturated carbocycles. The minimum absolute atomic E-state index is 0.186. The zero-order chi connectivity index (χ0) is 10.8. The Morgan fingerprint density at radius 3 is 2.73 bits per heavy atom. The van der Waals surface area contributed by atoms with Crippen LogP contribution in [-0.2, 0) is 0 Å². The van der Waals surface area contributed by atoms with Crippen molar-refractivity contribution in [2.45, 2.75) is 25.3 Å². The van der Waals surface area contributed by atoms with Crippen LogP contribution in [0, 0.1) is 11.7 Å². The largest absolute Gasteiger partial charge is 0.497 e. The van der Waals surface area contributed by atoms with Crippen LogP contribution in [0.15, 0.2) is 18.2 Å². The Hall–Kier alpha value is -1.09. The van der Waals surface area contributed by atoms with Crippen molar-refractivity contribution >= 4 is 0 Å². The molecule has 0 bridgehead atoms. The van der Waals surface area contributed by atoms with Gasteiger partial charge in [-0.3, -0.25) is 0 Å². The Kier molecular flexibility index (Phi) is 2.91. The molecule has 2 rings (SSSR count). The molecule has 0 radical (unpaired) electrons. The number of ether oxygens (including phenoxy) is 1. The molecule has 1 aromatic rings. The zero-order valence-electron chi connectivity index (χ0n) is 8.87. The molecule has 0 aliphatic heterocycles. The summed E-state index contributed by atoms with van der Waals surface area (Å²) in [5.41, 5.74) is 6.61. The van der Waals surface area contributed by atoms with E-state index in [1.165, 1.54) is 12.5 Å². The first-order chi connectivity index (χ1) is 7.22. The maximum absolute atomic E-state index is 13.5. The number of hydrogen-bond donors (Lipinski definition) is 1. The van der Waals surface area contributed by atoms with Gasteiger partial charge in [0.2, 0.25) is 0 Å². The minimum Gasteiger partial charge on any atom is -0.497 e. The summed E-state index contributed by atoms with van der Waals surface area (Å²) in [7, 11) is 1.58. The van der Waals surface area contributed by atoms with Crippen LogP contribution in [0.4, 0.5) is 4.39 Å². The van der Waals surface area contributed by atoms with Gasteiger partial charge in [-0.25, -0.2) is 4.39 Å². The molecule has 82 valence electrons. The van der Waals surface area contributed by atoms with E-state index in [9.17, 15) is 4.39 Å². The molecule has 0 unspecified atom stereocenters. The Morgan fingerprint density at radius 2 is 2.20 bits per heavy atom. The summed E-state index contributed by atoms with van der Waals surface area (Å²) in [5.74, 6) is 0.878. The van der Waals surface area contributed by atoms with Gasteiger partial charge in [0, 0.05) is 11.6 Å². The molecule has 0 heterocycles. The number of rotatable bonds is 3. The van der Waals surface area contributed by atoms with Crippen molar-refractivity contribution in [3.05, 3.63) is 29.6 Å². The van der Waals surface area contributed by atoms with Crippen LogP contribution in [0.5, 0.6) is 5.75 Å². The molecule has 15 heavy (non-hydrogen) atoms. The average Bonchev–Trinajstić information content (AvgIpc) is 2.15. The monoisotopic (exact) mass is 209 g/mol. The molecule has 1 aliphatic rings. The summed E-state index contributed by atoms with van der Waals surface area (Å²) < 4.78 is 18.6. The Morgan fingerprint density at radius 1 is 1.47 bits per heavy atom. The van der Waals surface area contributed by atoms with Gasteiger partial charge in [-0.1, -0.05) is 6.42 Å². The van der Waals surface area contributed by atoms with E-state index < -0.39 is 0 Å². The highest BCUT2D eigenvalue weighted by Gasteiger charge is 2.27. The van der Waals surface area contributed by atoms with Crippen LogP contribution in [0.3, 0.4) is 0 Å². The number of nitrogens with two attached hydrogens (primary N) is 1. The van der Waals surface area contributed by atoms with Crippen molar-refractivity contribution in [1.29, 1.82) is 0 Å². The predicted molar refractivity (Wildman–Crippen MR) is 57.2 cm³/mol. The van der Waals surface area contributed by atoms with Crippen LogP contribution < -0.4 is 10.5 Å². The highest BCUT2D eigenvalue weighted by molar-refractivity contribution is 5.32. The van der Waals surface area contributed by atoms with Gasteiger partial charge < -0.3 is 10.5 Å². The Balaban J connectivity index is 2.24. The summed E-state index contributed by atoms with van der Waals surface area (Å²) in [6, 6.07) is 4.56. The normalized spacial score (nSPS) is 18.3. The van der Waals surface area contributed by atoms with E-state index in [0.29, 0.717) is 17.2 Å². The zero-order valence-corrected chi connectivity index (χ0v) is 8.87. The predicted octanol–water partition coefficient (Wildman–Crippen LogP) is 2.63. The smallest absolute Gasteiger partial charge is 0.128 e. The molecule has 1 atom stereocenters. The van der Waals surface area contributed by atoms with E-state index in [0.717, 1.165) is 12.8 Å². The van der Waals surface area contributed by atoms with Crippen molar-refractivity contribution < 1.29 is 9.13 Å². The molecule has 2 nitrogen and oxygen atoms in total. The second kappa shape index (κ2) is 4.19. The molecule has 3 heteroatoms. The van der Waals surface area contributed by atoms with E-state index in [4.69, 9.17) is 10.5 Å². The number of benzene rings is 1. The van der Waals surface area contributed by atoms with E-state index in [1.54, 1.807) is 19.2 Å². The first kappa shape index (κ1) is 10.4. The quantitative estimate of drug-likeness (QED) is 0.830. The SMILES string of the molecule is COc1ccc(F)c([C@@H](N)C2CCC2)c1. The van der Waals surface area contributed by atoms with Gasteiger partial charge in [-0.15, -0.1) is 0 Å². The van der Waals surface area contributed by atoms with Crippen molar-refractivity contribution in [2.24, 2.45) is 11.7 Å². The fourth-order valence-electron chi connectivity index (χ4n) is 1.96. The second-order valence-corrected chi connectivity index (χ2v) is 4.10. The summed E-state index contributed by atoms with van der Waals surface area (Å²) in [6.07, 6.45) is 3.43. The van der Waals surface area contributed by atoms with Crippen LogP contribution in [0.25, 0.3) is 0 Å². The maximum Gasteiger partial charge on any atom is 0.128 e. The Bertz CT molecular complexity index is 349. The third kappa shape index (κ3) is 1.97. The number of halogens is 1. The summed E-state index contributed by atoms with van der Waals surface area (Å²) in [4.78, 5) is 0. The van der Waals surface area contributed by atoms with Crippen LogP contribution in [0.1, 0.15) is 30.9 Å². The summed E-state index contributed by atoms with van der Waals surface area (Å²) in [6.45, 7) is 0. The van der Waals surface area contributed by atoms with E-state index in [-0.39, 0.29) is 11.9 Å². The topological polar surface area (TPSA) is 35.2 Å². The molecule has 1 aromatic carbocycles. The third-order valence-corrected chi connectivity index (χ3v) is 3.22. The lowest BCUT2D eigenvalue weighted by molar-refractivity contribution is 0.260. The van der Waals surface area contributed by atoms with Gasteiger partial charge in [0.25, 0.3) is 0 Å². The standard InChI is InChI=1S/C12H16FNO/c1-15-9-5-6-11(13)10(7-9)12(14)8-3-2-4-8/h5-8,12H,2-4,14H2,1H3/t12-/m0/s1. The molecular weight excluding hydrogens is 193 g/mol. The second-order valence-electron chi connectivity index (χ2n) is 4.10. The lowest BCUT2D eigenvalue weighted by atomic mass is 9.77. The summed E-state index contributed by atoms with van der Waals surface area (Å²) in [5, 5.41) is 0. The molecular formula is C12H16FNO. The van der Waals surface area contributed by atoms with Gasteiger partial charge in [0.05, 0.1) is 7.11 Å². The van der Waals surface area contributed by atoms with Crippen LogP contribution >= 0.6 is 0 Å². The number of methoxy groups -OCH3 is 1. The molecule has 0 spiro atoms. The van der Waals surface area contributed by atoms with Gasteiger partial charge >= 0.3 is 0 Å². The molecule has 2 N–H and O–H groups in total. The fourth-order valence-corrected chi connectivity index (χ4v) is 1.96. The highest BCUT2D eigenvalue weighted by atomic mass is 19.1. The fraction of sp³-hybridized carbons (Fsp3) is 0.500. The molecule has 1 fully saturated rings. The third-order valence-electron chi connectivity index (χ3n) is 3.22. The van der Waals surface area contributed by atoms with Gasteiger partial charge in [-0.2, -0.15) is 0 Å². The average molecular weight is 209 g/mol. The van der Waals surface area contributed by atoms with Gasteiger partial charge in [0.1, 0.15) is 11.6 Å². The van der Waals surface area contributed by atoms with Crippen molar-refractivity contribution in [2.75, 3.05) is 7.11 Å². The highest BCUT2D eigenvalue weighted by Crippen LogP contribution is 2.37.